The quantitative estimate of drug-likeness (QED) is 0.722. The van der Waals surface area contributed by atoms with Gasteiger partial charge in [-0.3, -0.25) is 4.98 Å². The molecule has 0 radical (unpaired) electrons. The van der Waals surface area contributed by atoms with E-state index in [4.69, 9.17) is 4.74 Å². The summed E-state index contributed by atoms with van der Waals surface area (Å²) in [6.07, 6.45) is 4.39. The van der Waals surface area contributed by atoms with Gasteiger partial charge in [-0.2, -0.15) is 8.78 Å². The number of carbonyl (C=O) groups is 2. The first-order valence-electron chi connectivity index (χ1n) is 10.6. The lowest BCUT2D eigenvalue weighted by molar-refractivity contribution is -0.00610. The van der Waals surface area contributed by atoms with E-state index in [1.165, 1.54) is 6.08 Å². The molecule has 0 atom stereocenters. The number of likely N-dealkylation sites (tertiary alicyclic amines) is 2. The van der Waals surface area contributed by atoms with E-state index in [1.807, 2.05) is 4.90 Å². The maximum atomic E-state index is 14.1. The van der Waals surface area contributed by atoms with Gasteiger partial charge in [-0.25, -0.2) is 9.59 Å². The summed E-state index contributed by atoms with van der Waals surface area (Å²) in [5.74, 6) is -2.62. The van der Waals surface area contributed by atoms with Crippen molar-refractivity contribution in [2.75, 3.05) is 32.8 Å². The summed E-state index contributed by atoms with van der Waals surface area (Å²) < 4.78 is 33.2. The lowest BCUT2D eigenvalue weighted by Gasteiger charge is -2.48. The normalized spacial score (nSPS) is 20.9. The summed E-state index contributed by atoms with van der Waals surface area (Å²) in [6, 6.07) is 1.80. The molecule has 3 saturated heterocycles. The first-order chi connectivity index (χ1) is 14.7. The number of ether oxygens (including phenoxy) is 1. The van der Waals surface area contributed by atoms with E-state index in [-0.39, 0.29) is 11.7 Å². The Morgan fingerprint density at radius 1 is 1.39 bits per heavy atom. The van der Waals surface area contributed by atoms with Crippen LogP contribution in [0.25, 0.3) is 0 Å². The fourth-order valence-corrected chi connectivity index (χ4v) is 4.75. The van der Waals surface area contributed by atoms with Gasteiger partial charge in [0.05, 0.1) is 13.1 Å². The molecule has 4 rings (SSSR count). The van der Waals surface area contributed by atoms with Crippen LogP contribution in [0.2, 0.25) is 0 Å². The van der Waals surface area contributed by atoms with Crippen LogP contribution >= 0.6 is 0 Å². The zero-order valence-corrected chi connectivity index (χ0v) is 17.7. The lowest BCUT2D eigenvalue weighted by atomic mass is 9.89. The molecule has 0 aromatic carbocycles. The largest absolute Gasteiger partial charge is 0.447 e. The highest BCUT2D eigenvalue weighted by molar-refractivity contribution is 5.78. The van der Waals surface area contributed by atoms with Crippen LogP contribution < -0.4 is 5.32 Å². The van der Waals surface area contributed by atoms with Crippen LogP contribution in [-0.2, 0) is 17.1 Å². The molecule has 7 nitrogen and oxygen atoms in total. The van der Waals surface area contributed by atoms with E-state index < -0.39 is 24.0 Å². The molecule has 0 aliphatic carbocycles. The van der Waals surface area contributed by atoms with Crippen molar-refractivity contribution < 1.29 is 23.1 Å². The van der Waals surface area contributed by atoms with Gasteiger partial charge in [-0.1, -0.05) is 12.1 Å². The number of aryl methyl sites for hydroxylation is 1. The Morgan fingerprint density at radius 2 is 2.10 bits per heavy atom. The number of urea groups is 1. The molecule has 0 bridgehead atoms. The minimum Gasteiger partial charge on any atom is -0.447 e. The highest BCUT2D eigenvalue weighted by atomic mass is 19.3. The Bertz CT molecular complexity index is 878. The molecule has 168 valence electrons. The van der Waals surface area contributed by atoms with Gasteiger partial charge in [0.1, 0.15) is 17.8 Å². The summed E-state index contributed by atoms with van der Waals surface area (Å²) in [7, 11) is 0. The van der Waals surface area contributed by atoms with Gasteiger partial charge in [0, 0.05) is 25.7 Å². The number of aromatic nitrogens is 1. The van der Waals surface area contributed by atoms with Crippen molar-refractivity contribution in [3.05, 3.63) is 41.7 Å². The van der Waals surface area contributed by atoms with Crippen molar-refractivity contribution >= 4 is 12.1 Å². The third kappa shape index (κ3) is 4.36. The molecule has 3 fully saturated rings. The number of cyclic esters (lactones) is 1. The fourth-order valence-electron chi connectivity index (χ4n) is 4.75. The molecule has 31 heavy (non-hydrogen) atoms. The Hall–Kier alpha value is -2.71. The van der Waals surface area contributed by atoms with Crippen molar-refractivity contribution in [3.8, 4) is 0 Å². The monoisotopic (exact) mass is 434 g/mol. The minimum atomic E-state index is -3.00. The summed E-state index contributed by atoms with van der Waals surface area (Å²) in [4.78, 5) is 31.6. The van der Waals surface area contributed by atoms with E-state index in [1.54, 1.807) is 24.1 Å². The summed E-state index contributed by atoms with van der Waals surface area (Å²) in [6.45, 7) is 7.66. The highest BCUT2D eigenvalue weighted by Gasteiger charge is 2.52. The Morgan fingerprint density at radius 3 is 2.68 bits per heavy atom. The molecule has 3 aliphatic heterocycles. The first-order valence-corrected chi connectivity index (χ1v) is 10.6. The Labute approximate surface area is 180 Å². The van der Waals surface area contributed by atoms with E-state index in [0.29, 0.717) is 44.3 Å². The molecule has 3 amide bonds. The van der Waals surface area contributed by atoms with Gasteiger partial charge in [0.2, 0.25) is 0 Å². The number of alkyl halides is 2. The number of piperidine rings is 1. The van der Waals surface area contributed by atoms with Crippen LogP contribution in [0.5, 0.6) is 0 Å². The average Bonchev–Trinajstić information content (AvgIpc) is 3.09. The average molecular weight is 434 g/mol. The first kappa shape index (κ1) is 21.5. The molecule has 1 aromatic heterocycles. The number of hydrogen-bond acceptors (Lipinski definition) is 4. The van der Waals surface area contributed by atoms with Gasteiger partial charge in [-0.15, -0.1) is 6.58 Å². The van der Waals surface area contributed by atoms with Crippen LogP contribution in [0.15, 0.2) is 24.9 Å². The fraction of sp³-hybridized carbons (Fsp3) is 0.591. The smallest absolute Gasteiger partial charge is 0.407 e. The minimum absolute atomic E-state index is 0.00321. The number of carbonyl (C=O) groups excluding carboxylic acids is 2. The Kier molecular flexibility index (Phi) is 5.61. The van der Waals surface area contributed by atoms with E-state index in [9.17, 15) is 18.4 Å². The molecule has 3 aliphatic rings. The highest BCUT2D eigenvalue weighted by Crippen LogP contribution is 2.33. The van der Waals surface area contributed by atoms with E-state index in [0.717, 1.165) is 24.8 Å². The van der Waals surface area contributed by atoms with Crippen molar-refractivity contribution in [1.29, 1.82) is 0 Å². The summed E-state index contributed by atoms with van der Waals surface area (Å²) >= 11 is 0. The molecule has 1 N–H and O–H groups in total. The third-order valence-electron chi connectivity index (χ3n) is 6.40. The molecule has 0 unspecified atom stereocenters. The van der Waals surface area contributed by atoms with Gasteiger partial charge >= 0.3 is 12.1 Å². The number of nitrogens with one attached hydrogen (secondary N) is 1. The second-order valence-corrected chi connectivity index (χ2v) is 8.96. The number of alkyl carbamates (subject to hydrolysis) is 1. The zero-order valence-electron chi connectivity index (χ0n) is 17.7. The van der Waals surface area contributed by atoms with Gasteiger partial charge in [-0.05, 0) is 43.2 Å². The van der Waals surface area contributed by atoms with Crippen LogP contribution in [0.4, 0.5) is 18.4 Å². The van der Waals surface area contributed by atoms with Gasteiger partial charge in [0.15, 0.2) is 0 Å². The molecule has 1 spiro atoms. The number of pyridine rings is 1. The molecule has 1 aromatic rings. The third-order valence-corrected chi connectivity index (χ3v) is 6.40. The van der Waals surface area contributed by atoms with Crippen molar-refractivity contribution in [2.24, 2.45) is 5.92 Å². The van der Waals surface area contributed by atoms with Crippen LogP contribution in [-0.4, -0.2) is 65.2 Å². The predicted octanol–water partition coefficient (Wildman–Crippen LogP) is 3.23. The second-order valence-electron chi connectivity index (χ2n) is 8.96. The molecular formula is C22H28F2N4O3. The number of allylic oxidation sites excluding steroid dienone is 1. The molecular weight excluding hydrogens is 406 g/mol. The standard InChI is InChI=1S/C22H28F2N4O3/c1-3-6-22(23,24)18-15(2)9-17(11-25-18)10-16-4-7-27(8-5-16)20(30)28-12-21(13-28)14-31-19(29)26-21/h3,9,11,16H,1,4-8,10,12-14H2,2H3,(H,26,29). The van der Waals surface area contributed by atoms with Crippen LogP contribution in [0, 0.1) is 12.8 Å². The zero-order chi connectivity index (χ0) is 22.2. The van der Waals surface area contributed by atoms with E-state index >= 15 is 0 Å². The van der Waals surface area contributed by atoms with Gasteiger partial charge < -0.3 is 19.9 Å². The van der Waals surface area contributed by atoms with E-state index in [2.05, 4.69) is 16.9 Å². The number of amides is 3. The SMILES string of the molecule is C=CCC(F)(F)c1ncc(CC2CCN(C(=O)N3CC4(COC(=O)N4)C3)CC2)cc1C. The number of halogens is 2. The maximum absolute atomic E-state index is 14.1. The predicted molar refractivity (Wildman–Crippen MR) is 110 cm³/mol. The summed E-state index contributed by atoms with van der Waals surface area (Å²) in [5.41, 5.74) is 0.839. The summed E-state index contributed by atoms with van der Waals surface area (Å²) in [5, 5.41) is 2.78. The van der Waals surface area contributed by atoms with Crippen molar-refractivity contribution in [3.63, 3.8) is 0 Å². The van der Waals surface area contributed by atoms with Crippen LogP contribution in [0.1, 0.15) is 36.1 Å². The number of nitrogens with zero attached hydrogens (tertiary/aromatic N) is 3. The second kappa shape index (κ2) is 8.09. The van der Waals surface area contributed by atoms with Crippen molar-refractivity contribution in [1.82, 2.24) is 20.1 Å². The molecule has 4 heterocycles. The van der Waals surface area contributed by atoms with Crippen LogP contribution in [0.3, 0.4) is 0 Å². The number of hydrogen-bond donors (Lipinski definition) is 1. The Balaban J connectivity index is 1.27. The van der Waals surface area contributed by atoms with Gasteiger partial charge in [0.25, 0.3) is 5.92 Å². The number of rotatable bonds is 5. The topological polar surface area (TPSA) is 74.8 Å². The maximum Gasteiger partial charge on any atom is 0.407 e. The van der Waals surface area contributed by atoms with Crippen molar-refractivity contribution in [2.45, 2.75) is 44.1 Å². The molecule has 0 saturated carbocycles. The molecule has 9 heteroatoms. The lowest BCUT2D eigenvalue weighted by Crippen LogP contribution is -2.71.